The number of nitrogens with two attached hydrogens (primary N) is 2. The van der Waals surface area contributed by atoms with Crippen LogP contribution in [0.3, 0.4) is 0 Å². The number of alkyl halides is 1. The van der Waals surface area contributed by atoms with Crippen LogP contribution in [0.1, 0.15) is 63.9 Å². The number of likely N-dealkylation sites (N-methyl/N-ethyl adjacent to an activating group) is 2. The van der Waals surface area contributed by atoms with Gasteiger partial charge in [0.25, 0.3) is 11.8 Å². The summed E-state index contributed by atoms with van der Waals surface area (Å²) in [6.45, 7) is 2.50. The number of piperidine rings is 1. The van der Waals surface area contributed by atoms with Crippen LogP contribution >= 0.6 is 0 Å². The van der Waals surface area contributed by atoms with Crippen LogP contribution in [0.2, 0.25) is 0 Å². The van der Waals surface area contributed by atoms with Gasteiger partial charge >= 0.3 is 0 Å². The highest BCUT2D eigenvalue weighted by molar-refractivity contribution is 6.26. The van der Waals surface area contributed by atoms with Gasteiger partial charge in [-0.25, -0.2) is 4.39 Å². The highest BCUT2D eigenvalue weighted by Crippen LogP contribution is 2.56. The van der Waals surface area contributed by atoms with Crippen LogP contribution in [0.25, 0.3) is 0 Å². The number of nitrogens with zero attached hydrogens (tertiary/aromatic N) is 5. The van der Waals surface area contributed by atoms with E-state index in [9.17, 15) is 83.6 Å². The van der Waals surface area contributed by atoms with Crippen molar-refractivity contribution in [3.8, 4) is 11.5 Å². The number of nitrogens with one attached hydrogen (secondary N) is 4. The van der Waals surface area contributed by atoms with Gasteiger partial charge in [0.05, 0.1) is 47.7 Å². The average Bonchev–Trinajstić information content (AvgIpc) is 0.757. The van der Waals surface area contributed by atoms with E-state index in [-0.39, 0.29) is 79.0 Å². The van der Waals surface area contributed by atoms with E-state index in [2.05, 4.69) is 26.2 Å². The highest BCUT2D eigenvalue weighted by atomic mass is 19.1. The fourth-order valence-corrected chi connectivity index (χ4v) is 13.9. The minimum absolute atomic E-state index is 0.00477. The first-order valence-corrected chi connectivity index (χ1v) is 28.6. The molecule has 472 valence electrons. The molecule has 9 rings (SSSR count). The molecule has 1 heterocycles. The molecule has 0 radical (unpaired) electrons. The summed E-state index contributed by atoms with van der Waals surface area (Å²) in [6, 6.07) is 0.910. The van der Waals surface area contributed by atoms with Crippen molar-refractivity contribution in [2.75, 3.05) is 129 Å². The maximum atomic E-state index is 14.2. The van der Waals surface area contributed by atoms with Gasteiger partial charge in [0.15, 0.2) is 34.3 Å². The second kappa shape index (κ2) is 25.0. The van der Waals surface area contributed by atoms with Crippen molar-refractivity contribution in [2.45, 2.75) is 68.2 Å². The van der Waals surface area contributed by atoms with Gasteiger partial charge in [0.2, 0.25) is 23.4 Å². The van der Waals surface area contributed by atoms with Gasteiger partial charge in [-0.15, -0.1) is 0 Å². The van der Waals surface area contributed by atoms with Crippen molar-refractivity contribution < 1.29 is 83.6 Å². The third-order valence-corrected chi connectivity index (χ3v) is 17.8. The molecular formula is C59H78FN11O16. The van der Waals surface area contributed by atoms with E-state index in [1.54, 1.807) is 72.2 Å². The number of ketones is 4. The van der Waals surface area contributed by atoms with Crippen LogP contribution in [0.5, 0.6) is 11.5 Å². The number of anilines is 4. The summed E-state index contributed by atoms with van der Waals surface area (Å²) in [5.41, 5.74) is 4.38. The van der Waals surface area contributed by atoms with E-state index in [4.69, 9.17) is 11.5 Å². The summed E-state index contributed by atoms with van der Waals surface area (Å²) in [5, 5.41) is 102. The fraction of sp³-hybridized carbons (Fsp3) is 0.525. The number of likely N-dealkylation sites (tertiary alicyclic amines) is 1. The first-order chi connectivity index (χ1) is 40.9. The van der Waals surface area contributed by atoms with Gasteiger partial charge in [-0.3, -0.25) is 48.2 Å². The van der Waals surface area contributed by atoms with E-state index in [0.717, 1.165) is 19.6 Å². The van der Waals surface area contributed by atoms with Gasteiger partial charge in [0, 0.05) is 82.2 Å². The molecule has 0 bridgehead atoms. The number of aliphatic hydroxyl groups excluding tert-OH is 4. The van der Waals surface area contributed by atoms with Gasteiger partial charge < -0.3 is 88.3 Å². The number of aliphatic hydroxyl groups is 6. The Kier molecular flexibility index (Phi) is 18.7. The Morgan fingerprint density at radius 2 is 0.989 bits per heavy atom. The number of primary amides is 2. The van der Waals surface area contributed by atoms with Gasteiger partial charge in [0.1, 0.15) is 40.9 Å². The van der Waals surface area contributed by atoms with Crippen LogP contribution < -0.4 is 42.5 Å². The van der Waals surface area contributed by atoms with Gasteiger partial charge in [-0.05, 0) is 115 Å². The van der Waals surface area contributed by atoms with Crippen LogP contribution in [0.4, 0.5) is 27.1 Å². The predicted octanol–water partition coefficient (Wildman–Crippen LogP) is -0.115. The standard InChI is InChI=1S/C32H44N6O8.C27H34FN5O8/c1-36(2)20-14-19(35-21(39)15-34-8-11-38-9-6-5-7-10-38)26(40)23-17(20)12-16-13-18-25(37(3)4)28(42)24(31(33)45)30(44)32(18,46)29(43)22(16)27(23)41;1-32(2)15-9-14(31-16(34)10-30-6-5-28)21(35)18-12(15)7-11-8-13-20(33(3)4)23(37)19(26(29)40)25(39)27(13,41)24(38)17(11)22(18)36/h14,16,18,25,34,40,42-43,46H,5-13,15H2,1-4H3,(H2,33,45)(H,35,39);9,11,13,20,30,35,37-38,41H,5-8,10H2,1-4H3,(H2,29,40)(H,31,34)/t;11?,13?,20-,27?/m.0/s1. The minimum Gasteiger partial charge on any atom is -0.510 e. The van der Waals surface area contributed by atoms with Gasteiger partial charge in [-0.1, -0.05) is 6.42 Å². The number of aromatic hydroxyl groups is 2. The molecule has 2 aromatic rings. The van der Waals surface area contributed by atoms with E-state index < -0.39 is 146 Å². The summed E-state index contributed by atoms with van der Waals surface area (Å²) >= 11 is 0. The van der Waals surface area contributed by atoms with Crippen LogP contribution in [-0.2, 0) is 41.6 Å². The molecule has 27 nitrogen and oxygen atoms in total. The number of rotatable bonds is 17. The summed E-state index contributed by atoms with van der Waals surface area (Å²) in [4.78, 5) is 113. The number of hydrogen-bond donors (Lipinski definition) is 14. The molecule has 1 aliphatic heterocycles. The van der Waals surface area contributed by atoms with Crippen molar-refractivity contribution in [1.82, 2.24) is 25.3 Å². The quantitative estimate of drug-likeness (QED) is 0.0558. The van der Waals surface area contributed by atoms with Crippen LogP contribution in [-0.4, -0.2) is 234 Å². The third kappa shape index (κ3) is 11.3. The number of phenolic OH excluding ortho intramolecular Hbond substituents is 2. The SMILES string of the molecule is CN(C)c1cc(NC(=O)CNCCF)c(O)c2c1CC1CC3[C@H](N(C)C)C(O)=C(C(N)=O)C(=O)C3(O)C(O)=C1C2=O.CN(C)c1cc(NC(=O)CNCCN2CCCCC2)c(O)c2c1CC1CC3C(N(C)C)C(O)=C(C(N)=O)C(=O)C3(O)C(O)=C1C2=O. The molecule has 7 aliphatic rings. The summed E-state index contributed by atoms with van der Waals surface area (Å²) in [5.74, 6) is -15.9. The molecule has 28 heteroatoms. The largest absolute Gasteiger partial charge is 0.510 e. The maximum Gasteiger partial charge on any atom is 0.255 e. The molecule has 87 heavy (non-hydrogen) atoms. The summed E-state index contributed by atoms with van der Waals surface area (Å²) < 4.78 is 12.4. The van der Waals surface area contributed by atoms with E-state index in [1.165, 1.54) is 35.1 Å². The molecule has 1 saturated heterocycles. The monoisotopic (exact) mass is 1220 g/mol. The summed E-state index contributed by atoms with van der Waals surface area (Å²) in [6.07, 6.45) is 3.76. The molecule has 0 aromatic heterocycles. The number of benzene rings is 2. The molecule has 16 N–H and O–H groups in total. The van der Waals surface area contributed by atoms with Crippen molar-refractivity contribution >= 4 is 69.5 Å². The normalized spacial score (nSPS) is 26.1. The molecule has 6 aliphatic carbocycles. The number of hydrogen-bond acceptors (Lipinski definition) is 23. The second-order valence-electron chi connectivity index (χ2n) is 24.0. The Hall–Kier alpha value is -7.99. The molecule has 0 spiro atoms. The number of halogens is 1. The van der Waals surface area contributed by atoms with Gasteiger partial charge in [-0.2, -0.15) is 0 Å². The molecule has 0 saturated carbocycles. The highest BCUT2D eigenvalue weighted by Gasteiger charge is 2.65. The molecule has 7 unspecified atom stereocenters. The first-order valence-electron chi connectivity index (χ1n) is 28.6. The Labute approximate surface area is 500 Å². The van der Waals surface area contributed by atoms with Crippen molar-refractivity contribution in [1.29, 1.82) is 0 Å². The first kappa shape index (κ1) is 65.0. The molecular weight excluding hydrogens is 1140 g/mol. The maximum absolute atomic E-state index is 14.2. The smallest absolute Gasteiger partial charge is 0.255 e. The molecule has 4 amide bonds. The predicted molar refractivity (Wildman–Crippen MR) is 315 cm³/mol. The third-order valence-electron chi connectivity index (χ3n) is 17.8. The number of Topliss-reactive ketones (excluding diaryl/α,β-unsaturated/α-hetero) is 4. The Morgan fingerprint density at radius 1 is 0.609 bits per heavy atom. The number of phenols is 2. The van der Waals surface area contributed by atoms with Crippen molar-refractivity contribution in [2.24, 2.45) is 35.1 Å². The zero-order chi connectivity index (χ0) is 64.2. The lowest BCUT2D eigenvalue weighted by Gasteiger charge is -2.50. The zero-order valence-electron chi connectivity index (χ0n) is 49.8. The number of fused-ring (bicyclic) bond motifs is 6. The van der Waals surface area contributed by atoms with E-state index in [1.807, 2.05) is 0 Å². The van der Waals surface area contributed by atoms with Crippen LogP contribution in [0.15, 0.2) is 57.5 Å². The second-order valence-corrected chi connectivity index (χ2v) is 24.0. The Bertz CT molecular complexity index is 3370. The van der Waals surface area contributed by atoms with Crippen molar-refractivity contribution in [3.63, 3.8) is 0 Å². The topological polar surface area (TPSA) is 415 Å². The van der Waals surface area contributed by atoms with E-state index in [0.29, 0.717) is 29.0 Å². The van der Waals surface area contributed by atoms with E-state index >= 15 is 0 Å². The minimum atomic E-state index is -2.75. The lowest BCUT2D eigenvalue weighted by Crippen LogP contribution is -2.63. The Balaban J connectivity index is 0.000000227. The fourth-order valence-electron chi connectivity index (χ4n) is 13.9. The lowest BCUT2D eigenvalue weighted by molar-refractivity contribution is -0.149. The number of allylic oxidation sites excluding steroid dienone is 2. The lowest BCUT2D eigenvalue weighted by atomic mass is 9.58. The molecule has 1 fully saturated rings. The number of amides is 4. The average molecular weight is 1220 g/mol. The molecule has 8 atom stereocenters. The number of carbonyl (C=O) groups excluding carboxylic acids is 8. The van der Waals surface area contributed by atoms with Crippen molar-refractivity contribution in [3.05, 3.63) is 79.7 Å². The zero-order valence-corrected chi connectivity index (χ0v) is 49.8. The molecule has 2 aromatic carbocycles. The number of carbonyl (C=O) groups is 8. The summed E-state index contributed by atoms with van der Waals surface area (Å²) in [7, 11) is 13.2. The Morgan fingerprint density at radius 3 is 1.33 bits per heavy atom. The van der Waals surface area contributed by atoms with Crippen LogP contribution in [0, 0.1) is 23.7 Å².